The second-order valence-electron chi connectivity index (χ2n) is 9.32. The van der Waals surface area contributed by atoms with Crippen molar-refractivity contribution in [3.63, 3.8) is 0 Å². The van der Waals surface area contributed by atoms with Gasteiger partial charge in [0.1, 0.15) is 17.3 Å². The monoisotopic (exact) mass is 535 g/mol. The summed E-state index contributed by atoms with van der Waals surface area (Å²) in [4.78, 5) is 21.1. The van der Waals surface area contributed by atoms with Crippen LogP contribution < -0.4 is 14.8 Å². The van der Waals surface area contributed by atoms with Crippen LogP contribution in [0, 0.1) is 5.82 Å². The average Bonchev–Trinajstić information content (AvgIpc) is 3.62. The molecular weight excluding hydrogens is 509 g/mol. The number of imidazole rings is 1. The van der Waals surface area contributed by atoms with E-state index in [0.29, 0.717) is 29.0 Å². The predicted octanol–water partition coefficient (Wildman–Crippen LogP) is 6.12. The number of nitrogens with zero attached hydrogens (tertiary/aromatic N) is 3. The normalized spacial score (nSPS) is 12.8. The van der Waals surface area contributed by atoms with Crippen LogP contribution in [0.25, 0.3) is 27.6 Å². The number of nitrogens with one attached hydrogen (secondary N) is 2. The van der Waals surface area contributed by atoms with Crippen LogP contribution in [0.3, 0.4) is 0 Å². The number of benzene rings is 4. The summed E-state index contributed by atoms with van der Waals surface area (Å²) in [5.74, 6) is 0.621. The number of methoxy groups -OCH3 is 1. The molecule has 8 nitrogen and oxygen atoms in total. The van der Waals surface area contributed by atoms with Crippen LogP contribution in [0.4, 0.5) is 4.39 Å². The molecule has 0 spiro atoms. The fraction of sp³-hybridized carbons (Fsp3) is 0.129. The first-order valence-corrected chi connectivity index (χ1v) is 12.8. The molecule has 0 radical (unpaired) electrons. The standard InChI is InChI=1S/C31H26FN5O3/c1-3-31(21-7-6-8-24(18-21)39-2,36-30(38)29-34-26-9-4-5-10-27(26)35-29)40-25-15-16-28-20(17-25)19-33-37(28)23-13-11-22(32)12-14-23/h4-19H,3H2,1-2H3,(H,34,35)(H,36,38)/t31-/m1/s1. The lowest BCUT2D eigenvalue weighted by Crippen LogP contribution is -2.50. The predicted molar refractivity (Wildman–Crippen MR) is 150 cm³/mol. The number of aromatic amines is 1. The zero-order valence-electron chi connectivity index (χ0n) is 21.9. The second-order valence-corrected chi connectivity index (χ2v) is 9.32. The van der Waals surface area contributed by atoms with Gasteiger partial charge in [-0.25, -0.2) is 14.1 Å². The van der Waals surface area contributed by atoms with Crippen molar-refractivity contribution in [3.05, 3.63) is 114 Å². The average molecular weight is 536 g/mol. The lowest BCUT2D eigenvalue weighted by molar-refractivity contribution is 0.0224. The molecule has 2 aromatic heterocycles. The van der Waals surface area contributed by atoms with Crippen LogP contribution >= 0.6 is 0 Å². The molecule has 0 aliphatic rings. The number of halogens is 1. The molecule has 40 heavy (non-hydrogen) atoms. The lowest BCUT2D eigenvalue weighted by Gasteiger charge is -2.35. The highest BCUT2D eigenvalue weighted by molar-refractivity contribution is 5.94. The molecule has 0 saturated carbocycles. The number of hydrogen-bond acceptors (Lipinski definition) is 5. The van der Waals surface area contributed by atoms with E-state index < -0.39 is 11.6 Å². The molecule has 6 aromatic rings. The minimum atomic E-state index is -1.24. The molecule has 4 aromatic carbocycles. The quantitative estimate of drug-likeness (QED) is 0.229. The van der Waals surface area contributed by atoms with E-state index in [4.69, 9.17) is 9.47 Å². The zero-order valence-corrected chi connectivity index (χ0v) is 21.9. The maximum absolute atomic E-state index is 13.5. The Morgan fingerprint density at radius 1 is 1.00 bits per heavy atom. The van der Waals surface area contributed by atoms with Crippen molar-refractivity contribution in [2.45, 2.75) is 19.1 Å². The maximum atomic E-state index is 13.5. The van der Waals surface area contributed by atoms with Gasteiger partial charge in [-0.1, -0.05) is 31.2 Å². The Labute approximate surface area is 229 Å². The van der Waals surface area contributed by atoms with Gasteiger partial charge < -0.3 is 19.8 Å². The van der Waals surface area contributed by atoms with Crippen molar-refractivity contribution in [3.8, 4) is 17.2 Å². The van der Waals surface area contributed by atoms with E-state index in [2.05, 4.69) is 20.4 Å². The first-order valence-electron chi connectivity index (χ1n) is 12.8. The number of aromatic nitrogens is 4. The van der Waals surface area contributed by atoms with Gasteiger partial charge in [0.05, 0.1) is 35.5 Å². The van der Waals surface area contributed by atoms with Crippen LogP contribution in [-0.2, 0) is 5.72 Å². The van der Waals surface area contributed by atoms with E-state index >= 15 is 0 Å². The van der Waals surface area contributed by atoms with Crippen molar-refractivity contribution >= 4 is 27.8 Å². The van der Waals surface area contributed by atoms with Crippen molar-refractivity contribution in [1.29, 1.82) is 0 Å². The van der Waals surface area contributed by atoms with Crippen LogP contribution in [0.15, 0.2) is 97.2 Å². The molecule has 0 fully saturated rings. The largest absolute Gasteiger partial charge is 0.497 e. The SMILES string of the molecule is CC[C@@](NC(=O)c1nc2ccccc2[nH]1)(Oc1ccc2c(cnn2-c2ccc(F)cc2)c1)c1cccc(OC)c1. The topological polar surface area (TPSA) is 94.1 Å². The summed E-state index contributed by atoms with van der Waals surface area (Å²) in [6, 6.07) is 26.6. The van der Waals surface area contributed by atoms with Gasteiger partial charge in [-0.15, -0.1) is 0 Å². The first-order chi connectivity index (χ1) is 19.5. The number of H-pyrrole nitrogens is 1. The van der Waals surface area contributed by atoms with Crippen molar-refractivity contribution in [2.75, 3.05) is 7.11 Å². The Bertz CT molecular complexity index is 1800. The minimum absolute atomic E-state index is 0.182. The van der Waals surface area contributed by atoms with Gasteiger partial charge in [-0.05, 0) is 66.7 Å². The number of hydrogen-bond donors (Lipinski definition) is 2. The molecule has 0 unspecified atom stereocenters. The molecule has 0 saturated heterocycles. The molecule has 2 N–H and O–H groups in total. The molecule has 1 atom stereocenters. The highest BCUT2D eigenvalue weighted by Crippen LogP contribution is 2.33. The fourth-order valence-electron chi connectivity index (χ4n) is 4.76. The number of fused-ring (bicyclic) bond motifs is 2. The van der Waals surface area contributed by atoms with Crippen LogP contribution in [0.2, 0.25) is 0 Å². The summed E-state index contributed by atoms with van der Waals surface area (Å²) in [6.07, 6.45) is 2.12. The summed E-state index contributed by atoms with van der Waals surface area (Å²) in [5.41, 5.74) is 2.49. The van der Waals surface area contributed by atoms with Crippen molar-refractivity contribution < 1.29 is 18.7 Å². The Morgan fingerprint density at radius 2 is 1.82 bits per heavy atom. The van der Waals surface area contributed by atoms with E-state index in [1.165, 1.54) is 12.1 Å². The molecule has 6 rings (SSSR count). The number of carbonyl (C=O) groups is 1. The Hall–Kier alpha value is -5.18. The molecule has 0 aliphatic heterocycles. The summed E-state index contributed by atoms with van der Waals surface area (Å²) in [7, 11) is 1.59. The smallest absolute Gasteiger partial charge is 0.290 e. The van der Waals surface area contributed by atoms with Crippen molar-refractivity contribution in [1.82, 2.24) is 25.1 Å². The molecule has 0 bridgehead atoms. The van der Waals surface area contributed by atoms with E-state index in [9.17, 15) is 9.18 Å². The van der Waals surface area contributed by atoms with Gasteiger partial charge in [0.25, 0.3) is 5.91 Å². The highest BCUT2D eigenvalue weighted by Gasteiger charge is 2.36. The molecule has 0 aliphatic carbocycles. The maximum Gasteiger partial charge on any atom is 0.290 e. The van der Waals surface area contributed by atoms with E-state index in [-0.39, 0.29) is 11.6 Å². The molecule has 2 heterocycles. The number of amides is 1. The van der Waals surface area contributed by atoms with Gasteiger partial charge in [0, 0.05) is 17.4 Å². The number of carbonyl (C=O) groups excluding carboxylic acids is 1. The van der Waals surface area contributed by atoms with Gasteiger partial charge in [0.2, 0.25) is 5.72 Å². The Kier molecular flexibility index (Phi) is 6.39. The van der Waals surface area contributed by atoms with E-state index in [0.717, 1.165) is 22.1 Å². The van der Waals surface area contributed by atoms with Crippen molar-refractivity contribution in [2.24, 2.45) is 0 Å². The number of rotatable bonds is 8. The third kappa shape index (κ3) is 4.62. The van der Waals surface area contributed by atoms with Gasteiger partial charge in [-0.3, -0.25) is 4.79 Å². The van der Waals surface area contributed by atoms with Gasteiger partial charge >= 0.3 is 0 Å². The lowest BCUT2D eigenvalue weighted by atomic mass is 9.98. The highest BCUT2D eigenvalue weighted by atomic mass is 19.1. The summed E-state index contributed by atoms with van der Waals surface area (Å²) >= 11 is 0. The van der Waals surface area contributed by atoms with E-state index in [1.54, 1.807) is 30.1 Å². The van der Waals surface area contributed by atoms with Crippen LogP contribution in [0.5, 0.6) is 11.5 Å². The first kappa shape index (κ1) is 25.1. The number of para-hydroxylation sites is 2. The third-order valence-electron chi connectivity index (χ3n) is 6.86. The Morgan fingerprint density at radius 3 is 2.60 bits per heavy atom. The second kappa shape index (κ2) is 10.2. The van der Waals surface area contributed by atoms with Crippen LogP contribution in [0.1, 0.15) is 29.5 Å². The third-order valence-corrected chi connectivity index (χ3v) is 6.86. The summed E-state index contributed by atoms with van der Waals surface area (Å²) < 4.78 is 27.3. The zero-order chi connectivity index (χ0) is 27.7. The Balaban J connectivity index is 1.38. The van der Waals surface area contributed by atoms with Gasteiger partial charge in [-0.2, -0.15) is 5.10 Å². The molecular formula is C31H26FN5O3. The van der Waals surface area contributed by atoms with E-state index in [1.807, 2.05) is 73.7 Å². The van der Waals surface area contributed by atoms with Crippen LogP contribution in [-0.4, -0.2) is 32.8 Å². The molecule has 9 heteroatoms. The fourth-order valence-corrected chi connectivity index (χ4v) is 4.76. The summed E-state index contributed by atoms with van der Waals surface area (Å²) in [6.45, 7) is 1.93. The minimum Gasteiger partial charge on any atom is -0.497 e. The molecule has 1 amide bonds. The summed E-state index contributed by atoms with van der Waals surface area (Å²) in [5, 5.41) is 8.39. The number of ether oxygens (including phenoxy) is 2. The molecule has 200 valence electrons. The van der Waals surface area contributed by atoms with Gasteiger partial charge in [0.15, 0.2) is 5.82 Å².